The number of anilines is 1. The lowest BCUT2D eigenvalue weighted by atomic mass is 10.1. The zero-order chi connectivity index (χ0) is 16.7. The molecule has 2 rings (SSSR count). The van der Waals surface area contributed by atoms with E-state index in [-0.39, 0.29) is 11.3 Å². The SMILES string of the molecule is COC(=O)c1ccc(OC)c(OCCCN2CCOCC2)c1N. The van der Waals surface area contributed by atoms with E-state index >= 15 is 0 Å². The number of carbonyl (C=O) groups is 1. The fraction of sp³-hybridized carbons (Fsp3) is 0.562. The van der Waals surface area contributed by atoms with Gasteiger partial charge in [0.1, 0.15) is 0 Å². The van der Waals surface area contributed by atoms with E-state index in [1.54, 1.807) is 12.1 Å². The van der Waals surface area contributed by atoms with Crippen LogP contribution in [0.4, 0.5) is 5.69 Å². The van der Waals surface area contributed by atoms with Crippen molar-refractivity contribution in [2.24, 2.45) is 0 Å². The number of hydrogen-bond donors (Lipinski definition) is 1. The molecule has 0 atom stereocenters. The third kappa shape index (κ3) is 4.49. The van der Waals surface area contributed by atoms with E-state index in [0.717, 1.165) is 39.3 Å². The van der Waals surface area contributed by atoms with Gasteiger partial charge in [-0.05, 0) is 18.6 Å². The van der Waals surface area contributed by atoms with Crippen molar-refractivity contribution < 1.29 is 23.7 Å². The first kappa shape index (κ1) is 17.4. The molecule has 0 saturated carbocycles. The lowest BCUT2D eigenvalue weighted by Gasteiger charge is -2.26. The number of esters is 1. The van der Waals surface area contributed by atoms with E-state index < -0.39 is 5.97 Å². The highest BCUT2D eigenvalue weighted by Gasteiger charge is 2.18. The molecule has 1 saturated heterocycles. The number of ether oxygens (including phenoxy) is 4. The van der Waals surface area contributed by atoms with Crippen LogP contribution >= 0.6 is 0 Å². The molecular weight excluding hydrogens is 300 g/mol. The van der Waals surface area contributed by atoms with Crippen molar-refractivity contribution in [3.05, 3.63) is 17.7 Å². The van der Waals surface area contributed by atoms with Crippen LogP contribution in [0.25, 0.3) is 0 Å². The zero-order valence-corrected chi connectivity index (χ0v) is 13.7. The van der Waals surface area contributed by atoms with Gasteiger partial charge in [0, 0.05) is 19.6 Å². The Labute approximate surface area is 136 Å². The second kappa shape index (κ2) is 8.59. The Morgan fingerprint density at radius 3 is 2.70 bits per heavy atom. The van der Waals surface area contributed by atoms with Crippen molar-refractivity contribution >= 4 is 11.7 Å². The van der Waals surface area contributed by atoms with Gasteiger partial charge in [0.25, 0.3) is 0 Å². The molecule has 7 heteroatoms. The van der Waals surface area contributed by atoms with Crippen molar-refractivity contribution in [3.63, 3.8) is 0 Å². The molecule has 2 N–H and O–H groups in total. The highest BCUT2D eigenvalue weighted by Crippen LogP contribution is 2.36. The van der Waals surface area contributed by atoms with Gasteiger partial charge in [-0.1, -0.05) is 0 Å². The number of nitrogen functional groups attached to an aromatic ring is 1. The Morgan fingerprint density at radius 2 is 2.04 bits per heavy atom. The first-order chi connectivity index (χ1) is 11.2. The summed E-state index contributed by atoms with van der Waals surface area (Å²) < 4.78 is 21.1. The molecule has 128 valence electrons. The van der Waals surface area contributed by atoms with Crippen LogP contribution in [0.15, 0.2) is 12.1 Å². The molecule has 7 nitrogen and oxygen atoms in total. The van der Waals surface area contributed by atoms with Gasteiger partial charge < -0.3 is 24.7 Å². The van der Waals surface area contributed by atoms with E-state index in [2.05, 4.69) is 4.90 Å². The molecule has 0 aromatic heterocycles. The summed E-state index contributed by atoms with van der Waals surface area (Å²) in [4.78, 5) is 14.0. The Balaban J connectivity index is 1.95. The van der Waals surface area contributed by atoms with Crippen molar-refractivity contribution in [2.45, 2.75) is 6.42 Å². The minimum atomic E-state index is -0.497. The summed E-state index contributed by atoms with van der Waals surface area (Å²) in [7, 11) is 2.85. The van der Waals surface area contributed by atoms with Gasteiger partial charge in [-0.25, -0.2) is 4.79 Å². The highest BCUT2D eigenvalue weighted by molar-refractivity contribution is 5.97. The number of hydrogen-bond acceptors (Lipinski definition) is 7. The molecule has 0 radical (unpaired) electrons. The van der Waals surface area contributed by atoms with Crippen LogP contribution in [-0.2, 0) is 9.47 Å². The minimum Gasteiger partial charge on any atom is -0.493 e. The molecule has 1 aromatic carbocycles. The van der Waals surface area contributed by atoms with Crippen molar-refractivity contribution in [1.82, 2.24) is 4.90 Å². The van der Waals surface area contributed by atoms with Crippen LogP contribution in [0.2, 0.25) is 0 Å². The predicted octanol–water partition coefficient (Wildman–Crippen LogP) is 1.17. The number of morpholine rings is 1. The Bertz CT molecular complexity index is 529. The molecule has 1 aromatic rings. The lowest BCUT2D eigenvalue weighted by Crippen LogP contribution is -2.37. The van der Waals surface area contributed by atoms with Gasteiger partial charge in [-0.3, -0.25) is 4.90 Å². The molecular formula is C16H24N2O5. The van der Waals surface area contributed by atoms with E-state index in [1.165, 1.54) is 14.2 Å². The van der Waals surface area contributed by atoms with Gasteiger partial charge in [0.15, 0.2) is 11.5 Å². The summed E-state index contributed by atoms with van der Waals surface area (Å²) in [6.07, 6.45) is 0.852. The summed E-state index contributed by atoms with van der Waals surface area (Å²) in [6.45, 7) is 4.88. The predicted molar refractivity (Wildman–Crippen MR) is 86.1 cm³/mol. The van der Waals surface area contributed by atoms with Crippen molar-refractivity contribution in [3.8, 4) is 11.5 Å². The molecule has 23 heavy (non-hydrogen) atoms. The summed E-state index contributed by atoms with van der Waals surface area (Å²) in [5, 5.41) is 0. The number of benzene rings is 1. The van der Waals surface area contributed by atoms with Crippen molar-refractivity contribution in [2.75, 3.05) is 59.4 Å². The van der Waals surface area contributed by atoms with Crippen LogP contribution in [0, 0.1) is 0 Å². The second-order valence-electron chi connectivity index (χ2n) is 5.21. The first-order valence-electron chi connectivity index (χ1n) is 7.65. The van der Waals surface area contributed by atoms with E-state index in [1.807, 2.05) is 0 Å². The van der Waals surface area contributed by atoms with Crippen molar-refractivity contribution in [1.29, 1.82) is 0 Å². The van der Waals surface area contributed by atoms with Gasteiger partial charge >= 0.3 is 5.97 Å². The molecule has 0 bridgehead atoms. The number of nitrogens with two attached hydrogens (primary N) is 1. The monoisotopic (exact) mass is 324 g/mol. The van der Waals surface area contributed by atoms with Gasteiger partial charge in [-0.15, -0.1) is 0 Å². The highest BCUT2D eigenvalue weighted by atomic mass is 16.5. The van der Waals surface area contributed by atoms with E-state index in [9.17, 15) is 4.79 Å². The normalized spacial score (nSPS) is 15.2. The molecule has 1 aliphatic rings. The second-order valence-corrected chi connectivity index (χ2v) is 5.21. The zero-order valence-electron chi connectivity index (χ0n) is 13.7. The van der Waals surface area contributed by atoms with Crippen LogP contribution in [0.5, 0.6) is 11.5 Å². The number of rotatable bonds is 7. The van der Waals surface area contributed by atoms with Gasteiger partial charge in [0.2, 0.25) is 0 Å². The fourth-order valence-electron chi connectivity index (χ4n) is 2.46. The third-order valence-electron chi connectivity index (χ3n) is 3.75. The molecule has 0 amide bonds. The summed E-state index contributed by atoms with van der Waals surface area (Å²) in [5.74, 6) is 0.391. The van der Waals surface area contributed by atoms with Crippen LogP contribution in [0.3, 0.4) is 0 Å². The topological polar surface area (TPSA) is 83.2 Å². The fourth-order valence-corrected chi connectivity index (χ4v) is 2.46. The lowest BCUT2D eigenvalue weighted by molar-refractivity contribution is 0.0357. The third-order valence-corrected chi connectivity index (χ3v) is 3.75. The van der Waals surface area contributed by atoms with Crippen LogP contribution < -0.4 is 15.2 Å². The van der Waals surface area contributed by atoms with Crippen LogP contribution in [-0.4, -0.2) is 64.5 Å². The maximum absolute atomic E-state index is 11.7. The largest absolute Gasteiger partial charge is 0.493 e. The quantitative estimate of drug-likeness (QED) is 0.458. The van der Waals surface area contributed by atoms with Gasteiger partial charge in [0.05, 0.1) is 45.3 Å². The number of methoxy groups -OCH3 is 2. The summed E-state index contributed by atoms with van der Waals surface area (Å²) >= 11 is 0. The maximum Gasteiger partial charge on any atom is 0.340 e. The average Bonchev–Trinajstić information content (AvgIpc) is 2.59. The molecule has 1 aliphatic heterocycles. The molecule has 0 aliphatic carbocycles. The van der Waals surface area contributed by atoms with E-state index in [0.29, 0.717) is 18.1 Å². The number of nitrogens with zero attached hydrogens (tertiary/aromatic N) is 1. The smallest absolute Gasteiger partial charge is 0.340 e. The molecule has 1 heterocycles. The summed E-state index contributed by atoms with van der Waals surface area (Å²) in [5.41, 5.74) is 6.54. The average molecular weight is 324 g/mol. The summed E-state index contributed by atoms with van der Waals surface area (Å²) in [6, 6.07) is 3.22. The van der Waals surface area contributed by atoms with Crippen LogP contribution in [0.1, 0.15) is 16.8 Å². The Morgan fingerprint density at radius 1 is 1.30 bits per heavy atom. The maximum atomic E-state index is 11.7. The first-order valence-corrected chi connectivity index (χ1v) is 7.65. The minimum absolute atomic E-state index is 0.238. The van der Waals surface area contributed by atoms with E-state index in [4.69, 9.17) is 24.7 Å². The molecule has 0 spiro atoms. The Hall–Kier alpha value is -1.99. The van der Waals surface area contributed by atoms with Gasteiger partial charge in [-0.2, -0.15) is 0 Å². The standard InChI is InChI=1S/C16H24N2O5/c1-20-13-5-4-12(16(19)21-2)14(17)15(13)23-9-3-6-18-7-10-22-11-8-18/h4-5H,3,6-11,17H2,1-2H3. The number of carbonyl (C=O) groups excluding carboxylic acids is 1. The molecule has 1 fully saturated rings. The molecule has 0 unspecified atom stereocenters. The Kier molecular flexibility index (Phi) is 6.49.